The van der Waals surface area contributed by atoms with E-state index in [2.05, 4.69) is 5.32 Å². The minimum atomic E-state index is -3.92. The molecule has 1 N–H and O–H groups in total. The van der Waals surface area contributed by atoms with Gasteiger partial charge >= 0.3 is 0 Å². The van der Waals surface area contributed by atoms with Crippen molar-refractivity contribution in [1.29, 1.82) is 0 Å². The van der Waals surface area contributed by atoms with Crippen molar-refractivity contribution >= 4 is 27.5 Å². The van der Waals surface area contributed by atoms with E-state index >= 15 is 0 Å². The number of halogens is 1. The summed E-state index contributed by atoms with van der Waals surface area (Å²) in [7, 11) is -3.92. The van der Waals surface area contributed by atoms with Gasteiger partial charge in [0.2, 0.25) is 21.8 Å². The van der Waals surface area contributed by atoms with Crippen LogP contribution in [0.15, 0.2) is 109 Å². The van der Waals surface area contributed by atoms with Crippen LogP contribution in [0.4, 0.5) is 10.1 Å². The highest BCUT2D eigenvalue weighted by Gasteiger charge is 2.33. The third kappa shape index (κ3) is 10.2. The predicted octanol–water partition coefficient (Wildman–Crippen LogP) is 5.73. The fourth-order valence-corrected chi connectivity index (χ4v) is 5.76. The van der Waals surface area contributed by atoms with Gasteiger partial charge < -0.3 is 15.0 Å². The van der Waals surface area contributed by atoms with Crippen LogP contribution < -0.4 is 14.4 Å². The average Bonchev–Trinajstić information content (AvgIpc) is 3.06. The van der Waals surface area contributed by atoms with E-state index in [0.717, 1.165) is 34.5 Å². The molecule has 0 saturated heterocycles. The van der Waals surface area contributed by atoms with Crippen molar-refractivity contribution in [3.8, 4) is 5.75 Å². The number of ether oxygens (including phenoxy) is 1. The molecule has 4 aromatic carbocycles. The van der Waals surface area contributed by atoms with Gasteiger partial charge in [-0.3, -0.25) is 13.9 Å². The van der Waals surface area contributed by atoms with E-state index in [1.807, 2.05) is 67.6 Å². The number of rotatable bonds is 16. The Bertz CT molecular complexity index is 1650. The summed E-state index contributed by atoms with van der Waals surface area (Å²) >= 11 is 0. The fourth-order valence-electron chi connectivity index (χ4n) is 4.91. The number of unbranched alkanes of at least 4 members (excludes halogenated alkanes) is 1. The standard InChI is InChI=1S/C36H40FN3O5S/c1-3-4-23-38-36(42)34(24-28-11-7-5-8-12-28)39(25-29-15-17-31(37)18-16-29)35(41)26-40(46(2,43)44)32-19-21-33(22-20-32)45-27-30-13-9-6-10-14-30/h5-22,34H,3-4,23-27H2,1-2H3,(H,38,42)/t34-/m1/s1. The number of hydrogen-bond acceptors (Lipinski definition) is 5. The molecule has 0 spiro atoms. The summed E-state index contributed by atoms with van der Waals surface area (Å²) in [6.45, 7) is 2.22. The molecule has 0 saturated carbocycles. The van der Waals surface area contributed by atoms with Gasteiger partial charge in [-0.1, -0.05) is 86.1 Å². The van der Waals surface area contributed by atoms with Gasteiger partial charge in [-0.25, -0.2) is 12.8 Å². The zero-order valence-electron chi connectivity index (χ0n) is 26.1. The smallest absolute Gasteiger partial charge is 0.244 e. The average molecular weight is 646 g/mol. The van der Waals surface area contributed by atoms with Crippen molar-refractivity contribution in [2.75, 3.05) is 23.7 Å². The van der Waals surface area contributed by atoms with Crippen molar-refractivity contribution in [2.45, 2.75) is 45.4 Å². The predicted molar refractivity (Wildman–Crippen MR) is 178 cm³/mol. The SMILES string of the molecule is CCCCNC(=O)[C@@H](Cc1ccccc1)N(Cc1ccc(F)cc1)C(=O)CN(c1ccc(OCc2ccccc2)cc1)S(C)(=O)=O. The maximum Gasteiger partial charge on any atom is 0.244 e. The summed E-state index contributed by atoms with van der Waals surface area (Å²) in [6, 6.07) is 30.1. The molecule has 10 heteroatoms. The Hall–Kier alpha value is -4.70. The molecule has 0 radical (unpaired) electrons. The number of carbonyl (C=O) groups is 2. The maximum atomic E-state index is 14.2. The third-order valence-corrected chi connectivity index (χ3v) is 8.56. The third-order valence-electron chi connectivity index (χ3n) is 7.42. The van der Waals surface area contributed by atoms with Gasteiger partial charge in [-0.15, -0.1) is 0 Å². The number of nitrogens with one attached hydrogen (secondary N) is 1. The molecule has 0 bridgehead atoms. The minimum Gasteiger partial charge on any atom is -0.489 e. The van der Waals surface area contributed by atoms with Crippen LogP contribution in [-0.2, 0) is 39.2 Å². The summed E-state index contributed by atoms with van der Waals surface area (Å²) in [5.41, 5.74) is 2.69. The van der Waals surface area contributed by atoms with E-state index in [-0.39, 0.29) is 24.6 Å². The van der Waals surface area contributed by atoms with Crippen LogP contribution in [0, 0.1) is 5.82 Å². The Morgan fingerprint density at radius 2 is 1.43 bits per heavy atom. The molecule has 0 aliphatic carbocycles. The van der Waals surface area contributed by atoms with E-state index in [1.165, 1.54) is 17.0 Å². The van der Waals surface area contributed by atoms with E-state index < -0.39 is 34.3 Å². The lowest BCUT2D eigenvalue weighted by Crippen LogP contribution is -2.53. The normalized spacial score (nSPS) is 11.8. The van der Waals surface area contributed by atoms with Gasteiger partial charge in [0, 0.05) is 19.5 Å². The molecular formula is C36H40FN3O5S. The van der Waals surface area contributed by atoms with Gasteiger partial charge in [0.05, 0.1) is 11.9 Å². The highest BCUT2D eigenvalue weighted by molar-refractivity contribution is 7.92. The number of anilines is 1. The molecule has 0 aromatic heterocycles. The minimum absolute atomic E-state index is 0.0261. The van der Waals surface area contributed by atoms with Crippen molar-refractivity contribution in [2.24, 2.45) is 0 Å². The highest BCUT2D eigenvalue weighted by Crippen LogP contribution is 2.24. The van der Waals surface area contributed by atoms with Crippen LogP contribution >= 0.6 is 0 Å². The lowest BCUT2D eigenvalue weighted by atomic mass is 10.0. The summed E-state index contributed by atoms with van der Waals surface area (Å²) in [6.07, 6.45) is 2.88. The van der Waals surface area contributed by atoms with E-state index in [4.69, 9.17) is 4.74 Å². The van der Waals surface area contributed by atoms with Crippen molar-refractivity contribution < 1.29 is 27.1 Å². The van der Waals surface area contributed by atoms with Gasteiger partial charge in [-0.05, 0) is 59.5 Å². The second-order valence-corrected chi connectivity index (χ2v) is 12.9. The summed E-state index contributed by atoms with van der Waals surface area (Å²) < 4.78 is 46.7. The first kappa shape index (κ1) is 34.2. The lowest BCUT2D eigenvalue weighted by Gasteiger charge is -2.33. The van der Waals surface area contributed by atoms with Gasteiger partial charge in [-0.2, -0.15) is 0 Å². The quantitative estimate of drug-likeness (QED) is 0.157. The number of hydrogen-bond donors (Lipinski definition) is 1. The first-order valence-electron chi connectivity index (χ1n) is 15.2. The second-order valence-electron chi connectivity index (χ2n) is 11.0. The number of carbonyl (C=O) groups excluding carboxylic acids is 2. The summed E-state index contributed by atoms with van der Waals surface area (Å²) in [4.78, 5) is 29.2. The molecule has 4 rings (SSSR count). The molecule has 0 heterocycles. The lowest BCUT2D eigenvalue weighted by molar-refractivity contribution is -0.140. The molecule has 1 atom stereocenters. The molecule has 46 heavy (non-hydrogen) atoms. The Morgan fingerprint density at radius 1 is 0.826 bits per heavy atom. The topological polar surface area (TPSA) is 96.0 Å². The first-order chi connectivity index (χ1) is 22.1. The summed E-state index contributed by atoms with van der Waals surface area (Å²) in [5, 5.41) is 2.94. The van der Waals surface area contributed by atoms with Crippen LogP contribution in [-0.4, -0.2) is 50.5 Å². The van der Waals surface area contributed by atoms with Crippen LogP contribution in [0.1, 0.15) is 36.5 Å². The molecule has 2 amide bonds. The zero-order chi connectivity index (χ0) is 32.9. The van der Waals surface area contributed by atoms with Crippen molar-refractivity contribution in [3.63, 3.8) is 0 Å². The Balaban J connectivity index is 1.63. The molecule has 0 unspecified atom stereocenters. The van der Waals surface area contributed by atoms with Gasteiger partial charge in [0.25, 0.3) is 0 Å². The molecule has 0 aliphatic heterocycles. The Labute approximate surface area is 270 Å². The highest BCUT2D eigenvalue weighted by atomic mass is 32.2. The first-order valence-corrected chi connectivity index (χ1v) is 17.1. The Kier molecular flexibility index (Phi) is 12.3. The number of amides is 2. The molecule has 0 aliphatic rings. The van der Waals surface area contributed by atoms with Gasteiger partial charge in [0.15, 0.2) is 0 Å². The van der Waals surface area contributed by atoms with Crippen LogP contribution in [0.25, 0.3) is 0 Å². The van der Waals surface area contributed by atoms with Crippen molar-refractivity contribution in [1.82, 2.24) is 10.2 Å². The second kappa shape index (κ2) is 16.6. The van der Waals surface area contributed by atoms with E-state index in [0.29, 0.717) is 24.5 Å². The van der Waals surface area contributed by atoms with Crippen molar-refractivity contribution in [3.05, 3.63) is 132 Å². The molecule has 242 valence electrons. The number of nitrogens with zero attached hydrogens (tertiary/aromatic N) is 2. The molecular weight excluding hydrogens is 605 g/mol. The fraction of sp³-hybridized carbons (Fsp3) is 0.278. The maximum absolute atomic E-state index is 14.2. The molecule has 4 aromatic rings. The van der Waals surface area contributed by atoms with E-state index in [9.17, 15) is 22.4 Å². The van der Waals surface area contributed by atoms with Gasteiger partial charge in [0.1, 0.15) is 30.8 Å². The van der Waals surface area contributed by atoms with Crippen LogP contribution in [0.2, 0.25) is 0 Å². The monoisotopic (exact) mass is 645 g/mol. The van der Waals surface area contributed by atoms with E-state index in [1.54, 1.807) is 36.4 Å². The number of benzene rings is 4. The van der Waals surface area contributed by atoms with Crippen LogP contribution in [0.3, 0.4) is 0 Å². The van der Waals surface area contributed by atoms with Crippen LogP contribution in [0.5, 0.6) is 5.75 Å². The number of sulfonamides is 1. The molecule has 8 nitrogen and oxygen atoms in total. The molecule has 0 fully saturated rings. The summed E-state index contributed by atoms with van der Waals surface area (Å²) in [5.74, 6) is -0.819. The zero-order valence-corrected chi connectivity index (χ0v) is 27.0. The Morgan fingerprint density at radius 3 is 2.02 bits per heavy atom. The largest absolute Gasteiger partial charge is 0.489 e.